The van der Waals surface area contributed by atoms with E-state index in [1.165, 1.54) is 18.2 Å². The summed E-state index contributed by atoms with van der Waals surface area (Å²) in [5.74, 6) is -1.42. The minimum absolute atomic E-state index is 0.0199. The van der Waals surface area contributed by atoms with Crippen LogP contribution in [0.2, 0.25) is 0 Å². The standard InChI is InChI=1S/C13H16BrFN2O3/c1-7(2)11(6-12(18)19)17-13(20)16-10-4-3-8(15)5-9(10)14/h3-5,7,11H,6H2,1-2H3,(H,18,19)(H2,16,17,20). The molecule has 0 spiro atoms. The summed E-state index contributed by atoms with van der Waals surface area (Å²) in [7, 11) is 0. The Morgan fingerprint density at radius 3 is 2.55 bits per heavy atom. The van der Waals surface area contributed by atoms with Crippen molar-refractivity contribution in [1.29, 1.82) is 0 Å². The Labute approximate surface area is 124 Å². The van der Waals surface area contributed by atoms with Crippen molar-refractivity contribution >= 4 is 33.6 Å². The van der Waals surface area contributed by atoms with Crippen molar-refractivity contribution in [1.82, 2.24) is 5.32 Å². The van der Waals surface area contributed by atoms with Crippen LogP contribution in [0.4, 0.5) is 14.9 Å². The highest BCUT2D eigenvalue weighted by atomic mass is 79.9. The Bertz CT molecular complexity index is 508. The molecule has 0 bridgehead atoms. The third kappa shape index (κ3) is 5.16. The van der Waals surface area contributed by atoms with Crippen LogP contribution in [0.1, 0.15) is 20.3 Å². The van der Waals surface area contributed by atoms with E-state index >= 15 is 0 Å². The van der Waals surface area contributed by atoms with Crippen LogP contribution in [0, 0.1) is 11.7 Å². The predicted molar refractivity (Wildman–Crippen MR) is 77.1 cm³/mol. The highest BCUT2D eigenvalue weighted by Crippen LogP contribution is 2.23. The van der Waals surface area contributed by atoms with Crippen molar-refractivity contribution < 1.29 is 19.1 Å². The summed E-state index contributed by atoms with van der Waals surface area (Å²) in [6.07, 6.45) is -0.157. The zero-order chi connectivity index (χ0) is 15.3. The van der Waals surface area contributed by atoms with E-state index in [-0.39, 0.29) is 12.3 Å². The van der Waals surface area contributed by atoms with Crippen LogP contribution in [0.25, 0.3) is 0 Å². The molecule has 0 aliphatic rings. The SMILES string of the molecule is CC(C)C(CC(=O)O)NC(=O)Nc1ccc(F)cc1Br. The summed E-state index contributed by atoms with van der Waals surface area (Å²) >= 11 is 3.13. The number of carboxylic acid groups (broad SMARTS) is 1. The number of halogens is 2. The first-order chi connectivity index (χ1) is 9.29. The fourth-order valence-electron chi connectivity index (χ4n) is 1.56. The van der Waals surface area contributed by atoms with Crippen molar-refractivity contribution in [3.05, 3.63) is 28.5 Å². The molecule has 0 saturated heterocycles. The number of rotatable bonds is 5. The zero-order valence-electron chi connectivity index (χ0n) is 11.1. The number of amides is 2. The Morgan fingerprint density at radius 1 is 1.40 bits per heavy atom. The fourth-order valence-corrected chi connectivity index (χ4v) is 2.01. The summed E-state index contributed by atoms with van der Waals surface area (Å²) in [6.45, 7) is 3.64. The molecule has 20 heavy (non-hydrogen) atoms. The number of carboxylic acids is 1. The first kappa shape index (κ1) is 16.4. The summed E-state index contributed by atoms with van der Waals surface area (Å²) < 4.78 is 13.3. The highest BCUT2D eigenvalue weighted by Gasteiger charge is 2.19. The number of benzene rings is 1. The van der Waals surface area contributed by atoms with Gasteiger partial charge in [-0.3, -0.25) is 4.79 Å². The van der Waals surface area contributed by atoms with Crippen LogP contribution < -0.4 is 10.6 Å². The van der Waals surface area contributed by atoms with Crippen molar-refractivity contribution in [2.24, 2.45) is 5.92 Å². The summed E-state index contributed by atoms with van der Waals surface area (Å²) in [5.41, 5.74) is 0.404. The lowest BCUT2D eigenvalue weighted by Gasteiger charge is -2.21. The van der Waals surface area contributed by atoms with Gasteiger partial charge in [0.15, 0.2) is 0 Å². The van der Waals surface area contributed by atoms with E-state index in [2.05, 4.69) is 26.6 Å². The molecular formula is C13H16BrFN2O3. The lowest BCUT2D eigenvalue weighted by Crippen LogP contribution is -2.42. The highest BCUT2D eigenvalue weighted by molar-refractivity contribution is 9.10. The number of aliphatic carboxylic acids is 1. The van der Waals surface area contributed by atoms with E-state index < -0.39 is 23.9 Å². The van der Waals surface area contributed by atoms with E-state index in [1.54, 1.807) is 0 Å². The largest absolute Gasteiger partial charge is 0.481 e. The Balaban J connectivity index is 2.68. The molecule has 1 aromatic rings. The molecule has 2 amide bonds. The van der Waals surface area contributed by atoms with Crippen LogP contribution in [-0.2, 0) is 4.79 Å². The maximum Gasteiger partial charge on any atom is 0.319 e. The topological polar surface area (TPSA) is 78.4 Å². The summed E-state index contributed by atoms with van der Waals surface area (Å²) in [4.78, 5) is 22.5. The van der Waals surface area contributed by atoms with Crippen molar-refractivity contribution in [2.75, 3.05) is 5.32 Å². The maximum atomic E-state index is 12.9. The molecule has 0 heterocycles. The monoisotopic (exact) mass is 346 g/mol. The normalized spacial score (nSPS) is 12.1. The second kappa shape index (κ2) is 7.23. The molecular weight excluding hydrogens is 331 g/mol. The Hall–Kier alpha value is -1.63. The second-order valence-electron chi connectivity index (χ2n) is 4.67. The molecule has 1 aromatic carbocycles. The minimum Gasteiger partial charge on any atom is -0.481 e. The van der Waals surface area contributed by atoms with Gasteiger partial charge in [-0.2, -0.15) is 0 Å². The van der Waals surface area contributed by atoms with Gasteiger partial charge in [0.2, 0.25) is 0 Å². The molecule has 0 fully saturated rings. The molecule has 5 nitrogen and oxygen atoms in total. The minimum atomic E-state index is -0.980. The van der Waals surface area contributed by atoms with E-state index in [9.17, 15) is 14.0 Å². The number of anilines is 1. The van der Waals surface area contributed by atoms with Crippen LogP contribution >= 0.6 is 15.9 Å². The molecule has 0 saturated carbocycles. The zero-order valence-corrected chi connectivity index (χ0v) is 12.7. The molecule has 0 aliphatic carbocycles. The number of carbonyl (C=O) groups is 2. The van der Waals surface area contributed by atoms with E-state index in [4.69, 9.17) is 5.11 Å². The van der Waals surface area contributed by atoms with Gasteiger partial charge in [0.25, 0.3) is 0 Å². The quantitative estimate of drug-likeness (QED) is 0.765. The molecule has 1 atom stereocenters. The van der Waals surface area contributed by atoms with E-state index in [1.807, 2.05) is 13.8 Å². The summed E-state index contributed by atoms with van der Waals surface area (Å²) in [5, 5.41) is 13.9. The molecule has 3 N–H and O–H groups in total. The first-order valence-corrected chi connectivity index (χ1v) is 6.83. The fraction of sp³-hybridized carbons (Fsp3) is 0.385. The van der Waals surface area contributed by atoms with Gasteiger partial charge in [0, 0.05) is 10.5 Å². The molecule has 0 aromatic heterocycles. The predicted octanol–water partition coefficient (Wildman–Crippen LogP) is 3.21. The second-order valence-corrected chi connectivity index (χ2v) is 5.53. The average molecular weight is 347 g/mol. The molecule has 1 unspecified atom stereocenters. The van der Waals surface area contributed by atoms with Crippen molar-refractivity contribution in [2.45, 2.75) is 26.3 Å². The number of carbonyl (C=O) groups excluding carboxylic acids is 1. The molecule has 7 heteroatoms. The summed E-state index contributed by atoms with van der Waals surface area (Å²) in [6, 6.07) is 2.86. The number of hydrogen-bond donors (Lipinski definition) is 3. The van der Waals surface area contributed by atoms with Gasteiger partial charge in [-0.15, -0.1) is 0 Å². The van der Waals surface area contributed by atoms with Gasteiger partial charge in [0.05, 0.1) is 12.1 Å². The van der Waals surface area contributed by atoms with Gasteiger partial charge in [-0.1, -0.05) is 13.8 Å². The average Bonchev–Trinajstić information content (AvgIpc) is 2.31. The van der Waals surface area contributed by atoms with Crippen LogP contribution in [0.3, 0.4) is 0 Å². The maximum absolute atomic E-state index is 12.9. The van der Waals surface area contributed by atoms with E-state index in [0.29, 0.717) is 10.2 Å². The van der Waals surface area contributed by atoms with E-state index in [0.717, 1.165) is 0 Å². The number of hydrogen-bond acceptors (Lipinski definition) is 2. The third-order valence-electron chi connectivity index (χ3n) is 2.70. The van der Waals surface area contributed by atoms with Crippen molar-refractivity contribution in [3.8, 4) is 0 Å². The number of nitrogens with one attached hydrogen (secondary N) is 2. The smallest absolute Gasteiger partial charge is 0.319 e. The molecule has 1 rings (SSSR count). The molecule has 110 valence electrons. The van der Waals surface area contributed by atoms with Gasteiger partial charge in [-0.25, -0.2) is 9.18 Å². The van der Waals surface area contributed by atoms with Crippen LogP contribution in [0.15, 0.2) is 22.7 Å². The van der Waals surface area contributed by atoms with Crippen LogP contribution in [0.5, 0.6) is 0 Å². The Morgan fingerprint density at radius 2 is 2.05 bits per heavy atom. The van der Waals surface area contributed by atoms with Gasteiger partial charge < -0.3 is 15.7 Å². The molecule has 0 radical (unpaired) electrons. The van der Waals surface area contributed by atoms with Gasteiger partial charge >= 0.3 is 12.0 Å². The Kier molecular flexibility index (Phi) is 5.94. The third-order valence-corrected chi connectivity index (χ3v) is 3.35. The number of urea groups is 1. The van der Waals surface area contributed by atoms with Gasteiger partial charge in [0.1, 0.15) is 5.82 Å². The molecule has 0 aliphatic heterocycles. The first-order valence-electron chi connectivity index (χ1n) is 6.04. The lowest BCUT2D eigenvalue weighted by atomic mass is 10.0. The van der Waals surface area contributed by atoms with Crippen LogP contribution in [-0.4, -0.2) is 23.1 Å². The lowest BCUT2D eigenvalue weighted by molar-refractivity contribution is -0.137. The van der Waals surface area contributed by atoms with Gasteiger partial charge in [-0.05, 0) is 40.0 Å². The van der Waals surface area contributed by atoms with Crippen molar-refractivity contribution in [3.63, 3.8) is 0 Å².